The van der Waals surface area contributed by atoms with E-state index in [4.69, 9.17) is 4.74 Å². The van der Waals surface area contributed by atoms with E-state index in [1.54, 1.807) is 48.5 Å². The van der Waals surface area contributed by atoms with E-state index in [9.17, 15) is 13.2 Å². The predicted octanol–water partition coefficient (Wildman–Crippen LogP) is 4.04. The van der Waals surface area contributed by atoms with E-state index >= 15 is 0 Å². The number of benzene rings is 2. The number of rotatable bonds is 7. The molecule has 0 saturated heterocycles. The maximum absolute atomic E-state index is 13.5. The van der Waals surface area contributed by atoms with Gasteiger partial charge in [0, 0.05) is 6.04 Å². The first-order valence-electron chi connectivity index (χ1n) is 10.4. The molecule has 0 bridgehead atoms. The third-order valence-electron chi connectivity index (χ3n) is 5.47. The van der Waals surface area contributed by atoms with Gasteiger partial charge >= 0.3 is 0 Å². The summed E-state index contributed by atoms with van der Waals surface area (Å²) in [5.74, 6) is 0.0962. The smallest absolute Gasteiger partial charge is 0.264 e. The van der Waals surface area contributed by atoms with E-state index in [-0.39, 0.29) is 23.4 Å². The van der Waals surface area contributed by atoms with Crippen LogP contribution in [-0.4, -0.2) is 34.0 Å². The van der Waals surface area contributed by atoms with Crippen molar-refractivity contribution in [1.82, 2.24) is 5.32 Å². The largest absolute Gasteiger partial charge is 0.495 e. The first-order chi connectivity index (χ1) is 14.4. The zero-order valence-electron chi connectivity index (χ0n) is 17.6. The maximum atomic E-state index is 13.5. The number of sulfonamides is 1. The second kappa shape index (κ2) is 9.98. The van der Waals surface area contributed by atoms with Crippen molar-refractivity contribution in [3.63, 3.8) is 0 Å². The molecule has 1 N–H and O–H groups in total. The summed E-state index contributed by atoms with van der Waals surface area (Å²) in [5, 5.41) is 3.04. The first kappa shape index (κ1) is 22.2. The Kier molecular flexibility index (Phi) is 7.37. The molecular formula is C23H30N2O4S. The highest BCUT2D eigenvalue weighted by Crippen LogP contribution is 2.32. The molecule has 1 saturated carbocycles. The molecule has 162 valence electrons. The standard InChI is InChI=1S/C23H30N2O4S/c1-18-13-15-20(16-14-18)30(27,28)25(21-11-7-8-12-22(21)29-2)17-23(26)24-19-9-5-3-4-6-10-19/h7-8,11-16,19H,3-6,9-10,17H2,1-2H3,(H,24,26). The molecule has 1 amide bonds. The molecule has 1 aliphatic carbocycles. The van der Waals surface area contributed by atoms with Gasteiger partial charge in [0.25, 0.3) is 10.0 Å². The number of ether oxygens (including phenoxy) is 1. The van der Waals surface area contributed by atoms with Gasteiger partial charge in [-0.05, 0) is 44.0 Å². The molecule has 0 aliphatic heterocycles. The third-order valence-corrected chi connectivity index (χ3v) is 7.24. The molecule has 0 unspecified atom stereocenters. The van der Waals surface area contributed by atoms with Crippen molar-refractivity contribution in [3.05, 3.63) is 54.1 Å². The molecule has 0 atom stereocenters. The average Bonchev–Trinajstić information content (AvgIpc) is 3.01. The summed E-state index contributed by atoms with van der Waals surface area (Å²) >= 11 is 0. The van der Waals surface area contributed by atoms with Crippen LogP contribution in [0.25, 0.3) is 0 Å². The van der Waals surface area contributed by atoms with Crippen molar-refractivity contribution in [2.75, 3.05) is 18.0 Å². The van der Waals surface area contributed by atoms with Gasteiger partial charge in [0.2, 0.25) is 5.91 Å². The van der Waals surface area contributed by atoms with Crippen LogP contribution in [0.1, 0.15) is 44.1 Å². The van der Waals surface area contributed by atoms with Gasteiger partial charge in [-0.3, -0.25) is 9.10 Å². The molecule has 0 heterocycles. The Morgan fingerprint density at radius 2 is 1.67 bits per heavy atom. The number of hydrogen-bond acceptors (Lipinski definition) is 4. The molecule has 2 aromatic rings. The lowest BCUT2D eigenvalue weighted by Gasteiger charge is -2.26. The number of nitrogens with one attached hydrogen (secondary N) is 1. The number of nitrogens with zero attached hydrogens (tertiary/aromatic N) is 1. The summed E-state index contributed by atoms with van der Waals surface area (Å²) < 4.78 is 33.5. The molecule has 2 aromatic carbocycles. The summed E-state index contributed by atoms with van der Waals surface area (Å²) in [4.78, 5) is 13.0. The Hall–Kier alpha value is -2.54. The van der Waals surface area contributed by atoms with E-state index in [1.807, 2.05) is 6.92 Å². The minimum absolute atomic E-state index is 0.0987. The van der Waals surface area contributed by atoms with Gasteiger partial charge in [0.1, 0.15) is 12.3 Å². The van der Waals surface area contributed by atoms with Gasteiger partial charge in [-0.25, -0.2) is 8.42 Å². The number of aryl methyl sites for hydroxylation is 1. The van der Waals surface area contributed by atoms with Crippen LogP contribution in [0, 0.1) is 6.92 Å². The number of para-hydroxylation sites is 2. The molecule has 1 fully saturated rings. The number of amides is 1. The lowest BCUT2D eigenvalue weighted by molar-refractivity contribution is -0.120. The summed E-state index contributed by atoms with van der Waals surface area (Å²) in [6, 6.07) is 13.6. The van der Waals surface area contributed by atoms with Gasteiger partial charge in [-0.1, -0.05) is 55.5 Å². The van der Waals surface area contributed by atoms with E-state index in [1.165, 1.54) is 20.0 Å². The zero-order valence-corrected chi connectivity index (χ0v) is 18.5. The molecule has 1 aliphatic rings. The monoisotopic (exact) mass is 430 g/mol. The molecule has 0 aromatic heterocycles. The average molecular weight is 431 g/mol. The highest BCUT2D eigenvalue weighted by Gasteiger charge is 2.30. The second-order valence-corrected chi connectivity index (χ2v) is 9.61. The lowest BCUT2D eigenvalue weighted by atomic mass is 10.1. The molecule has 7 heteroatoms. The van der Waals surface area contributed by atoms with Gasteiger partial charge in [-0.2, -0.15) is 0 Å². The van der Waals surface area contributed by atoms with Crippen molar-refractivity contribution < 1.29 is 17.9 Å². The normalized spacial score (nSPS) is 15.3. The molecule has 3 rings (SSSR count). The van der Waals surface area contributed by atoms with Crippen LogP contribution < -0.4 is 14.4 Å². The summed E-state index contributed by atoms with van der Waals surface area (Å²) in [7, 11) is -2.47. The van der Waals surface area contributed by atoms with Crippen molar-refractivity contribution in [2.24, 2.45) is 0 Å². The van der Waals surface area contributed by atoms with Gasteiger partial charge in [0.05, 0.1) is 17.7 Å². The van der Waals surface area contributed by atoms with Crippen molar-refractivity contribution in [2.45, 2.75) is 56.4 Å². The van der Waals surface area contributed by atoms with E-state index in [0.29, 0.717) is 11.4 Å². The van der Waals surface area contributed by atoms with Gasteiger partial charge in [0.15, 0.2) is 0 Å². The third kappa shape index (κ3) is 5.33. The SMILES string of the molecule is COc1ccccc1N(CC(=O)NC1CCCCCC1)S(=O)(=O)c1ccc(C)cc1. The fourth-order valence-electron chi connectivity index (χ4n) is 3.80. The Morgan fingerprint density at radius 3 is 2.30 bits per heavy atom. The van der Waals surface area contributed by atoms with Gasteiger partial charge in [-0.15, -0.1) is 0 Å². The fraction of sp³-hybridized carbons (Fsp3) is 0.435. The molecule has 0 spiro atoms. The Morgan fingerprint density at radius 1 is 1.03 bits per heavy atom. The highest BCUT2D eigenvalue weighted by molar-refractivity contribution is 7.92. The number of methoxy groups -OCH3 is 1. The summed E-state index contributed by atoms with van der Waals surface area (Å²) in [6.07, 6.45) is 6.41. The van der Waals surface area contributed by atoms with Crippen molar-refractivity contribution >= 4 is 21.6 Å². The lowest BCUT2D eigenvalue weighted by Crippen LogP contribution is -2.44. The van der Waals surface area contributed by atoms with Crippen LogP contribution in [0.4, 0.5) is 5.69 Å². The minimum Gasteiger partial charge on any atom is -0.495 e. The number of hydrogen-bond donors (Lipinski definition) is 1. The van der Waals surface area contributed by atoms with Gasteiger partial charge < -0.3 is 10.1 Å². The summed E-state index contributed by atoms with van der Waals surface area (Å²) in [5.41, 5.74) is 1.31. The van der Waals surface area contributed by atoms with Crippen LogP contribution in [0.3, 0.4) is 0 Å². The molecule has 30 heavy (non-hydrogen) atoms. The molecule has 0 radical (unpaired) electrons. The van der Waals surface area contributed by atoms with Crippen LogP contribution in [0.15, 0.2) is 53.4 Å². The quantitative estimate of drug-likeness (QED) is 0.673. The molecular weight excluding hydrogens is 400 g/mol. The van der Waals surface area contributed by atoms with Crippen LogP contribution >= 0.6 is 0 Å². The number of carbonyl (C=O) groups excluding carboxylic acids is 1. The zero-order chi connectivity index (χ0) is 21.6. The first-order valence-corrected chi connectivity index (χ1v) is 11.9. The number of carbonyl (C=O) groups is 1. The fourth-order valence-corrected chi connectivity index (χ4v) is 5.23. The Labute approximate surface area is 179 Å². The second-order valence-electron chi connectivity index (χ2n) is 7.75. The van der Waals surface area contributed by atoms with Crippen LogP contribution in [0.2, 0.25) is 0 Å². The topological polar surface area (TPSA) is 75.7 Å². The van der Waals surface area contributed by atoms with Crippen molar-refractivity contribution in [1.29, 1.82) is 0 Å². The van der Waals surface area contributed by atoms with E-state index in [2.05, 4.69) is 5.32 Å². The van der Waals surface area contributed by atoms with Crippen LogP contribution in [-0.2, 0) is 14.8 Å². The minimum atomic E-state index is -3.95. The Balaban J connectivity index is 1.91. The van der Waals surface area contributed by atoms with E-state index in [0.717, 1.165) is 35.6 Å². The summed E-state index contributed by atoms with van der Waals surface area (Å²) in [6.45, 7) is 1.60. The van der Waals surface area contributed by atoms with E-state index < -0.39 is 10.0 Å². The molecule has 6 nitrogen and oxygen atoms in total. The van der Waals surface area contributed by atoms with Crippen molar-refractivity contribution in [3.8, 4) is 5.75 Å². The predicted molar refractivity (Wildman–Crippen MR) is 118 cm³/mol. The Bertz CT molecular complexity index is 949. The maximum Gasteiger partial charge on any atom is 0.264 e. The highest BCUT2D eigenvalue weighted by atomic mass is 32.2. The van der Waals surface area contributed by atoms with Crippen LogP contribution in [0.5, 0.6) is 5.75 Å². The number of anilines is 1.